The first-order valence-electron chi connectivity index (χ1n) is 7.91. The first kappa shape index (κ1) is 14.5. The number of methoxy groups -OCH3 is 1. The van der Waals surface area contributed by atoms with Gasteiger partial charge in [0, 0.05) is 25.4 Å². The third kappa shape index (κ3) is 3.44. The highest BCUT2D eigenvalue weighted by Crippen LogP contribution is 2.33. The van der Waals surface area contributed by atoms with Crippen molar-refractivity contribution in [1.29, 1.82) is 0 Å². The normalized spacial score (nSPS) is 24.1. The SMILES string of the molecule is COC[C@H](N[C@@H]1CCCN(c2ccccc2)C1=O)C1CC1. The lowest BCUT2D eigenvalue weighted by molar-refractivity contribution is -0.122. The summed E-state index contributed by atoms with van der Waals surface area (Å²) in [7, 11) is 1.73. The Hall–Kier alpha value is -1.39. The second-order valence-electron chi connectivity index (χ2n) is 6.09. The largest absolute Gasteiger partial charge is 0.383 e. The highest BCUT2D eigenvalue weighted by molar-refractivity contribution is 5.97. The minimum Gasteiger partial charge on any atom is -0.383 e. The van der Waals surface area contributed by atoms with Gasteiger partial charge in [-0.3, -0.25) is 4.79 Å². The van der Waals surface area contributed by atoms with Crippen LogP contribution in [0.5, 0.6) is 0 Å². The van der Waals surface area contributed by atoms with Gasteiger partial charge in [0.1, 0.15) is 0 Å². The number of carbonyl (C=O) groups excluding carboxylic acids is 1. The Morgan fingerprint density at radius 1 is 1.29 bits per heavy atom. The standard InChI is InChI=1S/C17H24N2O2/c1-21-12-16(13-9-10-13)18-15-8-5-11-19(17(15)20)14-6-3-2-4-7-14/h2-4,6-7,13,15-16,18H,5,8-12H2,1H3/t15-,16+/m1/s1. The van der Waals surface area contributed by atoms with Crippen molar-refractivity contribution in [3.8, 4) is 0 Å². The molecule has 0 radical (unpaired) electrons. The van der Waals surface area contributed by atoms with E-state index >= 15 is 0 Å². The van der Waals surface area contributed by atoms with Crippen molar-refractivity contribution < 1.29 is 9.53 Å². The Morgan fingerprint density at radius 3 is 2.71 bits per heavy atom. The molecule has 1 aliphatic carbocycles. The summed E-state index contributed by atoms with van der Waals surface area (Å²) in [6, 6.07) is 10.2. The number of anilines is 1. The Morgan fingerprint density at radius 2 is 2.05 bits per heavy atom. The summed E-state index contributed by atoms with van der Waals surface area (Å²) in [6.07, 6.45) is 4.48. The van der Waals surface area contributed by atoms with E-state index in [2.05, 4.69) is 5.32 Å². The molecule has 21 heavy (non-hydrogen) atoms. The van der Waals surface area contributed by atoms with Gasteiger partial charge in [0.05, 0.1) is 12.6 Å². The predicted octanol–water partition coefficient (Wildman–Crippen LogP) is 2.20. The van der Waals surface area contributed by atoms with Crippen molar-refractivity contribution in [2.75, 3.05) is 25.2 Å². The van der Waals surface area contributed by atoms with Crippen LogP contribution in [0.25, 0.3) is 0 Å². The maximum Gasteiger partial charge on any atom is 0.244 e. The van der Waals surface area contributed by atoms with E-state index in [1.54, 1.807) is 7.11 Å². The van der Waals surface area contributed by atoms with Gasteiger partial charge in [-0.05, 0) is 43.7 Å². The van der Waals surface area contributed by atoms with Gasteiger partial charge >= 0.3 is 0 Å². The Labute approximate surface area is 126 Å². The van der Waals surface area contributed by atoms with Crippen LogP contribution < -0.4 is 10.2 Å². The van der Waals surface area contributed by atoms with Crippen molar-refractivity contribution in [3.63, 3.8) is 0 Å². The molecule has 1 heterocycles. The molecule has 0 unspecified atom stereocenters. The van der Waals surface area contributed by atoms with E-state index in [9.17, 15) is 4.79 Å². The molecule has 0 spiro atoms. The maximum absolute atomic E-state index is 12.7. The van der Waals surface area contributed by atoms with Crippen LogP contribution in [0.15, 0.2) is 30.3 Å². The molecular weight excluding hydrogens is 264 g/mol. The Kier molecular flexibility index (Phi) is 4.56. The van der Waals surface area contributed by atoms with Crippen LogP contribution in [0.3, 0.4) is 0 Å². The molecule has 0 bridgehead atoms. The van der Waals surface area contributed by atoms with Crippen LogP contribution in [0, 0.1) is 5.92 Å². The Bertz CT molecular complexity index is 473. The van der Waals surface area contributed by atoms with Gasteiger partial charge in [0.2, 0.25) is 5.91 Å². The molecule has 1 aromatic carbocycles. The summed E-state index contributed by atoms with van der Waals surface area (Å²) >= 11 is 0. The van der Waals surface area contributed by atoms with Crippen LogP contribution in [-0.2, 0) is 9.53 Å². The molecule has 2 aliphatic rings. The van der Waals surface area contributed by atoms with Gasteiger partial charge < -0.3 is 15.0 Å². The summed E-state index contributed by atoms with van der Waals surface area (Å²) in [4.78, 5) is 14.6. The predicted molar refractivity (Wildman–Crippen MR) is 83.3 cm³/mol. The molecular formula is C17H24N2O2. The molecule has 4 heteroatoms. The molecule has 1 aliphatic heterocycles. The fraction of sp³-hybridized carbons (Fsp3) is 0.588. The molecule has 1 saturated heterocycles. The van der Waals surface area contributed by atoms with Gasteiger partial charge in [-0.25, -0.2) is 0 Å². The molecule has 2 atom stereocenters. The van der Waals surface area contributed by atoms with Gasteiger partial charge in [-0.1, -0.05) is 18.2 Å². The van der Waals surface area contributed by atoms with Crippen molar-refractivity contribution in [2.45, 2.75) is 37.8 Å². The number of rotatable bonds is 6. The van der Waals surface area contributed by atoms with Crippen LogP contribution in [0.1, 0.15) is 25.7 Å². The van der Waals surface area contributed by atoms with E-state index < -0.39 is 0 Å². The average Bonchev–Trinajstić information content (AvgIpc) is 3.34. The van der Waals surface area contributed by atoms with Crippen LogP contribution in [-0.4, -0.2) is 38.3 Å². The van der Waals surface area contributed by atoms with Crippen LogP contribution in [0.4, 0.5) is 5.69 Å². The van der Waals surface area contributed by atoms with Gasteiger partial charge in [0.15, 0.2) is 0 Å². The average molecular weight is 288 g/mol. The zero-order valence-electron chi connectivity index (χ0n) is 12.6. The molecule has 1 amide bonds. The fourth-order valence-electron chi connectivity index (χ4n) is 3.15. The number of carbonyl (C=O) groups is 1. The number of nitrogens with one attached hydrogen (secondary N) is 1. The molecule has 3 rings (SSSR count). The molecule has 4 nitrogen and oxygen atoms in total. The lowest BCUT2D eigenvalue weighted by Gasteiger charge is -2.34. The van der Waals surface area contributed by atoms with Crippen LogP contribution in [0.2, 0.25) is 0 Å². The fourth-order valence-corrected chi connectivity index (χ4v) is 3.15. The minimum atomic E-state index is -0.0697. The molecule has 1 N–H and O–H groups in total. The first-order valence-corrected chi connectivity index (χ1v) is 7.91. The third-order valence-corrected chi connectivity index (χ3v) is 4.46. The summed E-state index contributed by atoms with van der Waals surface area (Å²) < 4.78 is 5.31. The number of piperidine rings is 1. The number of para-hydroxylation sites is 1. The van der Waals surface area contributed by atoms with E-state index in [0.717, 1.165) is 25.1 Å². The molecule has 0 aromatic heterocycles. The quantitative estimate of drug-likeness (QED) is 0.872. The molecule has 1 saturated carbocycles. The molecule has 2 fully saturated rings. The van der Waals surface area contributed by atoms with Crippen molar-refractivity contribution >= 4 is 11.6 Å². The molecule has 1 aromatic rings. The number of nitrogens with zero attached hydrogens (tertiary/aromatic N) is 1. The van der Waals surface area contributed by atoms with Crippen molar-refractivity contribution in [3.05, 3.63) is 30.3 Å². The summed E-state index contributed by atoms with van der Waals surface area (Å²) in [5.74, 6) is 0.888. The first-order chi connectivity index (χ1) is 10.3. The molecule has 114 valence electrons. The van der Waals surface area contributed by atoms with Crippen LogP contribution >= 0.6 is 0 Å². The Balaban J connectivity index is 1.67. The maximum atomic E-state index is 12.7. The van der Waals surface area contributed by atoms with Gasteiger partial charge in [-0.15, -0.1) is 0 Å². The van der Waals surface area contributed by atoms with E-state index in [1.165, 1.54) is 12.8 Å². The van der Waals surface area contributed by atoms with E-state index in [-0.39, 0.29) is 11.9 Å². The highest BCUT2D eigenvalue weighted by Gasteiger charge is 2.36. The topological polar surface area (TPSA) is 41.6 Å². The monoisotopic (exact) mass is 288 g/mol. The zero-order chi connectivity index (χ0) is 14.7. The smallest absolute Gasteiger partial charge is 0.244 e. The third-order valence-electron chi connectivity index (χ3n) is 4.46. The van der Waals surface area contributed by atoms with Crippen molar-refractivity contribution in [2.24, 2.45) is 5.92 Å². The summed E-state index contributed by atoms with van der Waals surface area (Å²) in [6.45, 7) is 1.51. The van der Waals surface area contributed by atoms with Gasteiger partial charge in [0.25, 0.3) is 0 Å². The number of amides is 1. The number of hydrogen-bond donors (Lipinski definition) is 1. The van der Waals surface area contributed by atoms with Gasteiger partial charge in [-0.2, -0.15) is 0 Å². The van der Waals surface area contributed by atoms with E-state index in [1.807, 2.05) is 35.2 Å². The highest BCUT2D eigenvalue weighted by atomic mass is 16.5. The number of hydrogen-bond acceptors (Lipinski definition) is 3. The number of benzene rings is 1. The second-order valence-corrected chi connectivity index (χ2v) is 6.09. The minimum absolute atomic E-state index is 0.0697. The summed E-state index contributed by atoms with van der Waals surface area (Å²) in [5.41, 5.74) is 1.00. The second kappa shape index (κ2) is 6.58. The lowest BCUT2D eigenvalue weighted by atomic mass is 10.0. The zero-order valence-corrected chi connectivity index (χ0v) is 12.6. The summed E-state index contributed by atoms with van der Waals surface area (Å²) in [5, 5.41) is 3.55. The lowest BCUT2D eigenvalue weighted by Crippen LogP contribution is -2.54. The van der Waals surface area contributed by atoms with E-state index in [4.69, 9.17) is 4.74 Å². The number of ether oxygens (including phenoxy) is 1. The van der Waals surface area contributed by atoms with Crippen molar-refractivity contribution in [1.82, 2.24) is 5.32 Å². The van der Waals surface area contributed by atoms with E-state index in [0.29, 0.717) is 18.6 Å².